The largest absolute Gasteiger partial charge is 0.376 e. The van der Waals surface area contributed by atoms with Crippen LogP contribution < -0.4 is 5.32 Å². The van der Waals surface area contributed by atoms with Crippen molar-refractivity contribution in [2.24, 2.45) is 5.92 Å². The lowest BCUT2D eigenvalue weighted by Gasteiger charge is -2.43. The fourth-order valence-corrected chi connectivity index (χ4v) is 4.23. The van der Waals surface area contributed by atoms with E-state index in [2.05, 4.69) is 38.3 Å². The Kier molecular flexibility index (Phi) is 4.46. The Labute approximate surface area is 115 Å². The van der Waals surface area contributed by atoms with Crippen molar-refractivity contribution in [3.05, 3.63) is 21.9 Å². The molecule has 102 valence electrons. The summed E-state index contributed by atoms with van der Waals surface area (Å²) in [5.74, 6) is 0.843. The molecule has 0 aromatic carbocycles. The maximum Gasteiger partial charge on any atom is 0.0880 e. The lowest BCUT2D eigenvalue weighted by Crippen LogP contribution is -2.46. The van der Waals surface area contributed by atoms with E-state index in [1.807, 2.05) is 18.4 Å². The summed E-state index contributed by atoms with van der Waals surface area (Å²) >= 11 is 1.89. The van der Waals surface area contributed by atoms with E-state index >= 15 is 0 Å². The Morgan fingerprint density at radius 2 is 2.06 bits per heavy atom. The molecule has 1 heterocycles. The van der Waals surface area contributed by atoms with Crippen LogP contribution in [0.5, 0.6) is 0 Å². The van der Waals surface area contributed by atoms with Crippen molar-refractivity contribution in [2.45, 2.75) is 51.2 Å². The zero-order valence-electron chi connectivity index (χ0n) is 12.0. The number of thiophene rings is 1. The van der Waals surface area contributed by atoms with Gasteiger partial charge in [-0.05, 0) is 57.7 Å². The van der Waals surface area contributed by atoms with E-state index in [9.17, 15) is 0 Å². The first kappa shape index (κ1) is 14.0. The molecule has 1 aromatic rings. The molecule has 18 heavy (non-hydrogen) atoms. The number of nitrogens with one attached hydrogen (secondary N) is 1. The third kappa shape index (κ3) is 2.63. The highest BCUT2D eigenvalue weighted by molar-refractivity contribution is 7.12. The average molecular weight is 267 g/mol. The second kappa shape index (κ2) is 5.72. The van der Waals surface area contributed by atoms with Gasteiger partial charge < -0.3 is 10.1 Å². The predicted molar refractivity (Wildman–Crippen MR) is 78.2 cm³/mol. The van der Waals surface area contributed by atoms with Crippen LogP contribution in [0.4, 0.5) is 0 Å². The average Bonchev–Trinajstić information content (AvgIpc) is 2.79. The summed E-state index contributed by atoms with van der Waals surface area (Å²) in [5.41, 5.74) is -0.0153. The molecule has 1 fully saturated rings. The van der Waals surface area contributed by atoms with Crippen molar-refractivity contribution in [2.75, 3.05) is 14.2 Å². The maximum atomic E-state index is 5.99. The first-order valence-corrected chi connectivity index (χ1v) is 7.71. The first-order valence-electron chi connectivity index (χ1n) is 6.90. The highest BCUT2D eigenvalue weighted by Gasteiger charge is 2.42. The standard InChI is InChI=1S/C15H25NOS/c1-11-7-9-15(17-4,10-8-11)14(16-3)13-6-5-12(2)18-13/h5-6,11,14,16H,7-10H2,1-4H3. The zero-order chi connectivity index (χ0) is 13.2. The van der Waals surface area contributed by atoms with E-state index in [4.69, 9.17) is 4.74 Å². The molecule has 0 bridgehead atoms. The lowest BCUT2D eigenvalue weighted by atomic mass is 9.75. The van der Waals surface area contributed by atoms with Crippen molar-refractivity contribution < 1.29 is 4.74 Å². The van der Waals surface area contributed by atoms with Gasteiger partial charge in [0, 0.05) is 16.9 Å². The Hall–Kier alpha value is -0.380. The monoisotopic (exact) mass is 267 g/mol. The minimum absolute atomic E-state index is 0.0153. The van der Waals surface area contributed by atoms with Crippen LogP contribution >= 0.6 is 11.3 Å². The van der Waals surface area contributed by atoms with Crippen LogP contribution in [0.15, 0.2) is 12.1 Å². The minimum Gasteiger partial charge on any atom is -0.376 e. The molecule has 1 atom stereocenters. The van der Waals surface area contributed by atoms with Gasteiger partial charge in [-0.1, -0.05) is 6.92 Å². The summed E-state index contributed by atoms with van der Waals surface area (Å²) in [5, 5.41) is 3.49. The van der Waals surface area contributed by atoms with Gasteiger partial charge in [0.2, 0.25) is 0 Å². The fraction of sp³-hybridized carbons (Fsp3) is 0.733. The van der Waals surface area contributed by atoms with E-state index in [1.165, 1.54) is 22.6 Å². The van der Waals surface area contributed by atoms with Gasteiger partial charge in [-0.25, -0.2) is 0 Å². The molecular weight excluding hydrogens is 242 g/mol. The fourth-order valence-electron chi connectivity index (χ4n) is 3.13. The molecule has 1 aromatic heterocycles. The molecule has 0 aliphatic heterocycles. The van der Waals surface area contributed by atoms with Crippen molar-refractivity contribution in [1.82, 2.24) is 5.32 Å². The van der Waals surface area contributed by atoms with Crippen molar-refractivity contribution in [1.29, 1.82) is 0 Å². The number of hydrogen-bond acceptors (Lipinski definition) is 3. The molecule has 2 nitrogen and oxygen atoms in total. The van der Waals surface area contributed by atoms with Crippen LogP contribution in [0, 0.1) is 12.8 Å². The van der Waals surface area contributed by atoms with E-state index in [0.29, 0.717) is 6.04 Å². The van der Waals surface area contributed by atoms with Gasteiger partial charge in [0.25, 0.3) is 0 Å². The summed E-state index contributed by atoms with van der Waals surface area (Å²) in [6.45, 7) is 4.52. The van der Waals surface area contributed by atoms with Crippen molar-refractivity contribution in [3.63, 3.8) is 0 Å². The summed E-state index contributed by atoms with van der Waals surface area (Å²) in [6, 6.07) is 4.78. The van der Waals surface area contributed by atoms with E-state index < -0.39 is 0 Å². The first-order chi connectivity index (χ1) is 8.61. The molecule has 1 saturated carbocycles. The number of methoxy groups -OCH3 is 1. The third-order valence-electron chi connectivity index (χ3n) is 4.39. The number of aryl methyl sites for hydroxylation is 1. The van der Waals surface area contributed by atoms with Crippen LogP contribution in [-0.4, -0.2) is 19.8 Å². The minimum atomic E-state index is -0.0153. The van der Waals surface area contributed by atoms with Gasteiger partial charge in [-0.3, -0.25) is 0 Å². The lowest BCUT2D eigenvalue weighted by molar-refractivity contribution is -0.0737. The second-order valence-electron chi connectivity index (χ2n) is 5.62. The smallest absolute Gasteiger partial charge is 0.0880 e. The predicted octanol–water partition coefficient (Wildman–Crippen LogP) is 3.91. The van der Waals surface area contributed by atoms with Gasteiger partial charge in [-0.2, -0.15) is 0 Å². The summed E-state index contributed by atoms with van der Waals surface area (Å²) in [7, 11) is 3.93. The van der Waals surface area contributed by atoms with E-state index in [1.54, 1.807) is 0 Å². The summed E-state index contributed by atoms with van der Waals surface area (Å²) in [6.07, 6.45) is 4.87. The van der Waals surface area contributed by atoms with Crippen LogP contribution in [0.25, 0.3) is 0 Å². The Balaban J connectivity index is 2.23. The molecule has 0 saturated heterocycles. The molecule has 1 aliphatic carbocycles. The topological polar surface area (TPSA) is 21.3 Å². The molecular formula is C15H25NOS. The molecule has 1 unspecified atom stereocenters. The van der Waals surface area contributed by atoms with Gasteiger partial charge in [0.15, 0.2) is 0 Å². The summed E-state index contributed by atoms with van der Waals surface area (Å²) in [4.78, 5) is 2.78. The molecule has 1 aliphatic rings. The normalized spacial score (nSPS) is 30.3. The molecule has 2 rings (SSSR count). The van der Waals surface area contributed by atoms with Crippen molar-refractivity contribution >= 4 is 11.3 Å². The Morgan fingerprint density at radius 1 is 1.39 bits per heavy atom. The van der Waals surface area contributed by atoms with Gasteiger partial charge >= 0.3 is 0 Å². The van der Waals surface area contributed by atoms with E-state index in [-0.39, 0.29) is 5.60 Å². The number of hydrogen-bond donors (Lipinski definition) is 1. The molecule has 3 heteroatoms. The quantitative estimate of drug-likeness (QED) is 0.893. The molecule has 0 spiro atoms. The number of rotatable bonds is 4. The van der Waals surface area contributed by atoms with Crippen LogP contribution in [0.2, 0.25) is 0 Å². The van der Waals surface area contributed by atoms with Gasteiger partial charge in [-0.15, -0.1) is 11.3 Å². The summed E-state index contributed by atoms with van der Waals surface area (Å²) < 4.78 is 5.99. The third-order valence-corrected chi connectivity index (χ3v) is 5.45. The van der Waals surface area contributed by atoms with Crippen LogP contribution in [-0.2, 0) is 4.74 Å². The highest BCUT2D eigenvalue weighted by Crippen LogP contribution is 2.44. The molecule has 1 N–H and O–H groups in total. The molecule has 0 amide bonds. The number of likely N-dealkylation sites (N-methyl/N-ethyl adjacent to an activating group) is 1. The zero-order valence-corrected chi connectivity index (χ0v) is 12.8. The Morgan fingerprint density at radius 3 is 2.50 bits per heavy atom. The van der Waals surface area contributed by atoms with Crippen LogP contribution in [0.1, 0.15) is 48.4 Å². The molecule has 0 radical (unpaired) electrons. The highest BCUT2D eigenvalue weighted by atomic mass is 32.1. The van der Waals surface area contributed by atoms with Crippen molar-refractivity contribution in [3.8, 4) is 0 Å². The number of ether oxygens (including phenoxy) is 1. The van der Waals surface area contributed by atoms with E-state index in [0.717, 1.165) is 18.8 Å². The van der Waals surface area contributed by atoms with Crippen LogP contribution in [0.3, 0.4) is 0 Å². The second-order valence-corrected chi connectivity index (χ2v) is 6.94. The van der Waals surface area contributed by atoms with Gasteiger partial charge in [0.1, 0.15) is 0 Å². The maximum absolute atomic E-state index is 5.99. The van der Waals surface area contributed by atoms with Gasteiger partial charge in [0.05, 0.1) is 11.6 Å². The SMILES string of the molecule is CNC(c1ccc(C)s1)C1(OC)CCC(C)CC1. The Bertz CT molecular complexity index is 380.